The predicted molar refractivity (Wildman–Crippen MR) is 135 cm³/mol. The van der Waals surface area contributed by atoms with E-state index in [2.05, 4.69) is 44.3 Å². The molecule has 1 amide bonds. The van der Waals surface area contributed by atoms with Gasteiger partial charge in [0.1, 0.15) is 0 Å². The van der Waals surface area contributed by atoms with Crippen molar-refractivity contribution in [3.63, 3.8) is 0 Å². The fourth-order valence-corrected chi connectivity index (χ4v) is 3.04. The topological polar surface area (TPSA) is 95.0 Å². The van der Waals surface area contributed by atoms with Crippen LogP contribution in [0.25, 0.3) is 0 Å². The van der Waals surface area contributed by atoms with Crippen molar-refractivity contribution in [2.24, 2.45) is 10.9 Å². The third kappa shape index (κ3) is 10.9. The van der Waals surface area contributed by atoms with Crippen LogP contribution < -0.4 is 15.5 Å². The molecule has 0 saturated carbocycles. The lowest BCUT2D eigenvalue weighted by Gasteiger charge is -2.34. The number of ether oxygens (including phenoxy) is 1. The molecule has 0 radical (unpaired) electrons. The highest BCUT2D eigenvalue weighted by Crippen LogP contribution is 2.10. The van der Waals surface area contributed by atoms with Crippen LogP contribution in [0.4, 0.5) is 5.95 Å². The van der Waals surface area contributed by atoms with Crippen molar-refractivity contribution >= 4 is 41.8 Å². The van der Waals surface area contributed by atoms with E-state index in [1.54, 1.807) is 18.5 Å². The van der Waals surface area contributed by atoms with Crippen LogP contribution in [-0.2, 0) is 9.53 Å². The van der Waals surface area contributed by atoms with Gasteiger partial charge < -0.3 is 25.2 Å². The molecule has 2 rings (SSSR count). The fourth-order valence-electron chi connectivity index (χ4n) is 3.04. The fraction of sp³-hybridized carbons (Fsp3) is 0.714. The molecule has 1 saturated heterocycles. The number of rotatable bonds is 11. The van der Waals surface area contributed by atoms with E-state index in [9.17, 15) is 4.79 Å². The molecule has 1 aromatic rings. The number of nitrogens with one attached hydrogen (secondary N) is 2. The lowest BCUT2D eigenvalue weighted by molar-refractivity contribution is -0.131. The molecular weight excluding hydrogens is 509 g/mol. The number of carbonyl (C=O) groups excluding carboxylic acids is 1. The summed E-state index contributed by atoms with van der Waals surface area (Å²) < 4.78 is 5.60. The van der Waals surface area contributed by atoms with Crippen molar-refractivity contribution in [3.05, 3.63) is 18.5 Å². The molecule has 0 spiro atoms. The minimum atomic E-state index is 0. The molecule has 1 aromatic heterocycles. The third-order valence-electron chi connectivity index (χ3n) is 4.79. The minimum Gasteiger partial charge on any atom is -0.380 e. The number of amides is 1. The van der Waals surface area contributed by atoms with Gasteiger partial charge in [0.2, 0.25) is 11.9 Å². The summed E-state index contributed by atoms with van der Waals surface area (Å²) in [7, 11) is 0. The molecule has 0 unspecified atom stereocenters. The van der Waals surface area contributed by atoms with Crippen molar-refractivity contribution in [1.82, 2.24) is 25.5 Å². The molecular formula is C21H38IN7O2. The lowest BCUT2D eigenvalue weighted by atomic mass is 10.1. The average Bonchev–Trinajstić information content (AvgIpc) is 2.76. The molecule has 176 valence electrons. The average molecular weight is 547 g/mol. The SMILES string of the molecule is CCNC(=NCCOCCC(C)C)NCCC(=O)N1CCN(c2ncccn2)CC1.I. The molecule has 9 nitrogen and oxygen atoms in total. The van der Waals surface area contributed by atoms with Gasteiger partial charge in [0.15, 0.2) is 5.96 Å². The van der Waals surface area contributed by atoms with Crippen molar-refractivity contribution in [1.29, 1.82) is 0 Å². The normalized spacial score (nSPS) is 14.4. The highest BCUT2D eigenvalue weighted by atomic mass is 127. The monoisotopic (exact) mass is 547 g/mol. The van der Waals surface area contributed by atoms with E-state index in [0.29, 0.717) is 45.1 Å². The zero-order chi connectivity index (χ0) is 21.6. The van der Waals surface area contributed by atoms with E-state index in [1.165, 1.54) is 0 Å². The number of carbonyl (C=O) groups is 1. The number of piperazine rings is 1. The molecule has 0 aromatic carbocycles. The van der Waals surface area contributed by atoms with Gasteiger partial charge in [0.25, 0.3) is 0 Å². The maximum atomic E-state index is 12.5. The zero-order valence-electron chi connectivity index (χ0n) is 19.0. The van der Waals surface area contributed by atoms with Gasteiger partial charge in [-0.05, 0) is 25.3 Å². The number of nitrogens with zero attached hydrogens (tertiary/aromatic N) is 5. The number of anilines is 1. The van der Waals surface area contributed by atoms with Crippen molar-refractivity contribution < 1.29 is 9.53 Å². The number of hydrogen-bond donors (Lipinski definition) is 2. The molecule has 1 fully saturated rings. The van der Waals surface area contributed by atoms with Crippen LogP contribution in [0.15, 0.2) is 23.5 Å². The second kappa shape index (κ2) is 16.0. The molecule has 31 heavy (non-hydrogen) atoms. The molecule has 10 heteroatoms. The highest BCUT2D eigenvalue weighted by molar-refractivity contribution is 14.0. The van der Waals surface area contributed by atoms with Crippen LogP contribution in [-0.4, -0.2) is 85.8 Å². The van der Waals surface area contributed by atoms with Gasteiger partial charge in [0, 0.05) is 64.7 Å². The van der Waals surface area contributed by atoms with Crippen LogP contribution in [0.2, 0.25) is 0 Å². The van der Waals surface area contributed by atoms with Crippen LogP contribution in [0.3, 0.4) is 0 Å². The first kappa shape index (κ1) is 27.3. The van der Waals surface area contributed by atoms with E-state index in [-0.39, 0.29) is 29.9 Å². The minimum absolute atomic E-state index is 0. The van der Waals surface area contributed by atoms with Gasteiger partial charge in [-0.2, -0.15) is 0 Å². The Labute approximate surface area is 203 Å². The molecule has 2 N–H and O–H groups in total. The van der Waals surface area contributed by atoms with Crippen molar-refractivity contribution in [2.75, 3.05) is 63.9 Å². The smallest absolute Gasteiger partial charge is 0.225 e. The highest BCUT2D eigenvalue weighted by Gasteiger charge is 2.22. The maximum absolute atomic E-state index is 12.5. The summed E-state index contributed by atoms with van der Waals surface area (Å²) >= 11 is 0. The Bertz CT molecular complexity index is 638. The molecule has 0 aliphatic carbocycles. The first-order valence-corrected chi connectivity index (χ1v) is 11.0. The largest absolute Gasteiger partial charge is 0.380 e. The Morgan fingerprint density at radius 2 is 1.87 bits per heavy atom. The van der Waals surface area contributed by atoms with Crippen LogP contribution in [0.5, 0.6) is 0 Å². The summed E-state index contributed by atoms with van der Waals surface area (Å²) in [6, 6.07) is 1.81. The summed E-state index contributed by atoms with van der Waals surface area (Å²) in [6.07, 6.45) is 4.99. The Balaban J connectivity index is 0.00000480. The number of hydrogen-bond acceptors (Lipinski definition) is 6. The van der Waals surface area contributed by atoms with E-state index in [1.807, 2.05) is 11.8 Å². The first-order valence-electron chi connectivity index (χ1n) is 11.0. The standard InChI is InChI=1S/C21H37N7O2.HI/c1-4-22-20(24-11-17-30-16-7-18(2)3)23-10-6-19(29)27-12-14-28(15-13-27)21-25-8-5-9-26-21;/h5,8-9,18H,4,6-7,10-17H2,1-3H3,(H2,22,23,24);1H. The number of aromatic nitrogens is 2. The second-order valence-electron chi connectivity index (χ2n) is 7.65. The Morgan fingerprint density at radius 3 is 2.52 bits per heavy atom. The van der Waals surface area contributed by atoms with Gasteiger partial charge in [-0.3, -0.25) is 9.79 Å². The lowest BCUT2D eigenvalue weighted by Crippen LogP contribution is -2.50. The number of halogens is 1. The zero-order valence-corrected chi connectivity index (χ0v) is 21.4. The molecule has 1 aliphatic heterocycles. The quantitative estimate of drug-likeness (QED) is 0.189. The van der Waals surface area contributed by atoms with Gasteiger partial charge in [-0.1, -0.05) is 13.8 Å². The molecule has 2 heterocycles. The van der Waals surface area contributed by atoms with Gasteiger partial charge in [-0.25, -0.2) is 9.97 Å². The Morgan fingerprint density at radius 1 is 1.16 bits per heavy atom. The summed E-state index contributed by atoms with van der Waals surface area (Å²) in [5.74, 6) is 2.26. The van der Waals surface area contributed by atoms with Crippen LogP contribution in [0, 0.1) is 5.92 Å². The van der Waals surface area contributed by atoms with Gasteiger partial charge >= 0.3 is 0 Å². The second-order valence-corrected chi connectivity index (χ2v) is 7.65. The van der Waals surface area contributed by atoms with E-state index in [0.717, 1.165) is 44.6 Å². The van der Waals surface area contributed by atoms with E-state index < -0.39 is 0 Å². The molecule has 0 bridgehead atoms. The van der Waals surface area contributed by atoms with Crippen molar-refractivity contribution in [3.8, 4) is 0 Å². The van der Waals surface area contributed by atoms with Crippen LogP contribution in [0.1, 0.15) is 33.6 Å². The first-order chi connectivity index (χ1) is 14.6. The van der Waals surface area contributed by atoms with Gasteiger partial charge in [-0.15, -0.1) is 24.0 Å². The number of aliphatic imine (C=N–C) groups is 1. The summed E-state index contributed by atoms with van der Waals surface area (Å²) in [6.45, 7) is 12.6. The molecule has 1 aliphatic rings. The summed E-state index contributed by atoms with van der Waals surface area (Å²) in [4.78, 5) is 29.6. The summed E-state index contributed by atoms with van der Waals surface area (Å²) in [5.41, 5.74) is 0. The Kier molecular flexibility index (Phi) is 14.1. The predicted octanol–water partition coefficient (Wildman–Crippen LogP) is 1.75. The maximum Gasteiger partial charge on any atom is 0.225 e. The van der Waals surface area contributed by atoms with Crippen LogP contribution >= 0.6 is 24.0 Å². The number of guanidine groups is 1. The molecule has 0 atom stereocenters. The Hall–Kier alpha value is -1.69. The van der Waals surface area contributed by atoms with Crippen molar-refractivity contribution in [2.45, 2.75) is 33.6 Å². The third-order valence-corrected chi connectivity index (χ3v) is 4.79. The van der Waals surface area contributed by atoms with E-state index in [4.69, 9.17) is 4.74 Å². The summed E-state index contributed by atoms with van der Waals surface area (Å²) in [5, 5.41) is 6.45. The van der Waals surface area contributed by atoms with Gasteiger partial charge in [0.05, 0.1) is 13.2 Å². The van der Waals surface area contributed by atoms with E-state index >= 15 is 0 Å².